The molecule has 0 atom stereocenters. The van der Waals surface area contributed by atoms with E-state index < -0.39 is 0 Å². The van der Waals surface area contributed by atoms with Gasteiger partial charge in [0.2, 0.25) is 0 Å². The Hall–Kier alpha value is -3.08. The summed E-state index contributed by atoms with van der Waals surface area (Å²) < 4.78 is 5.35. The number of ether oxygens (including phenoxy) is 1. The van der Waals surface area contributed by atoms with Gasteiger partial charge in [0.25, 0.3) is 0 Å². The first-order valence-electron chi connectivity index (χ1n) is 7.71. The third-order valence-electron chi connectivity index (χ3n) is 3.53. The molecule has 1 aromatic heterocycles. The summed E-state index contributed by atoms with van der Waals surface area (Å²) in [5, 5.41) is 6.57. The van der Waals surface area contributed by atoms with Crippen LogP contribution in [0.1, 0.15) is 11.1 Å². The Morgan fingerprint density at radius 3 is 2.21 bits per heavy atom. The molecule has 0 aliphatic heterocycles. The van der Waals surface area contributed by atoms with Crippen LogP contribution in [-0.2, 0) is 0 Å². The van der Waals surface area contributed by atoms with Gasteiger partial charge in [-0.25, -0.2) is 9.97 Å². The average molecular weight is 320 g/mol. The Bertz CT molecular complexity index is 828. The minimum atomic E-state index is 0.696. The van der Waals surface area contributed by atoms with Crippen LogP contribution in [0.25, 0.3) is 0 Å². The minimum absolute atomic E-state index is 0.696. The monoisotopic (exact) mass is 320 g/mol. The maximum Gasteiger partial charge on any atom is 0.142 e. The molecule has 122 valence electrons. The lowest BCUT2D eigenvalue weighted by Crippen LogP contribution is -2.00. The normalized spacial score (nSPS) is 10.3. The second-order valence-electron chi connectivity index (χ2n) is 5.62. The van der Waals surface area contributed by atoms with Gasteiger partial charge in [0.05, 0.1) is 12.8 Å². The summed E-state index contributed by atoms with van der Waals surface area (Å²) in [6, 6.07) is 15.9. The van der Waals surface area contributed by atoms with Crippen LogP contribution in [-0.4, -0.2) is 17.1 Å². The molecule has 0 saturated carbocycles. The largest absolute Gasteiger partial charge is 0.495 e. The van der Waals surface area contributed by atoms with E-state index in [1.807, 2.05) is 30.3 Å². The van der Waals surface area contributed by atoms with Gasteiger partial charge in [-0.1, -0.05) is 18.2 Å². The van der Waals surface area contributed by atoms with Gasteiger partial charge < -0.3 is 15.4 Å². The molecule has 0 aliphatic carbocycles. The highest BCUT2D eigenvalue weighted by Gasteiger charge is 2.05. The predicted molar refractivity (Wildman–Crippen MR) is 97.5 cm³/mol. The number of nitrogens with one attached hydrogen (secondary N) is 2. The zero-order valence-corrected chi connectivity index (χ0v) is 14.0. The molecule has 0 fully saturated rings. The SMILES string of the molecule is COc1ccccc1Nc1cc(Nc2cc(C)cc(C)c2)ncn1. The van der Waals surface area contributed by atoms with E-state index in [2.05, 4.69) is 52.6 Å². The Kier molecular flexibility index (Phi) is 4.61. The van der Waals surface area contributed by atoms with E-state index in [9.17, 15) is 0 Å². The molecule has 0 radical (unpaired) electrons. The summed E-state index contributed by atoms with van der Waals surface area (Å²) in [5.41, 5.74) is 4.28. The van der Waals surface area contributed by atoms with Crippen LogP contribution in [0, 0.1) is 13.8 Å². The van der Waals surface area contributed by atoms with Crippen LogP contribution >= 0.6 is 0 Å². The molecule has 0 unspecified atom stereocenters. The zero-order valence-electron chi connectivity index (χ0n) is 14.0. The molecule has 0 saturated heterocycles. The first kappa shape index (κ1) is 15.8. The highest BCUT2D eigenvalue weighted by atomic mass is 16.5. The lowest BCUT2D eigenvalue weighted by atomic mass is 10.1. The fourth-order valence-corrected chi connectivity index (χ4v) is 2.57. The number of aromatic nitrogens is 2. The highest BCUT2D eigenvalue weighted by Crippen LogP contribution is 2.27. The van der Waals surface area contributed by atoms with Gasteiger partial charge in [-0.3, -0.25) is 0 Å². The fraction of sp³-hybridized carbons (Fsp3) is 0.158. The van der Waals surface area contributed by atoms with Gasteiger partial charge in [-0.05, 0) is 49.2 Å². The molecule has 5 nitrogen and oxygen atoms in total. The van der Waals surface area contributed by atoms with Crippen LogP contribution in [0.5, 0.6) is 5.75 Å². The summed E-state index contributed by atoms with van der Waals surface area (Å²) in [6.45, 7) is 4.15. The summed E-state index contributed by atoms with van der Waals surface area (Å²) in [5.74, 6) is 2.19. The first-order valence-corrected chi connectivity index (χ1v) is 7.71. The maximum absolute atomic E-state index is 5.35. The fourth-order valence-electron chi connectivity index (χ4n) is 2.57. The zero-order chi connectivity index (χ0) is 16.9. The quantitative estimate of drug-likeness (QED) is 0.720. The first-order chi connectivity index (χ1) is 11.6. The van der Waals surface area contributed by atoms with E-state index >= 15 is 0 Å². The Morgan fingerprint density at radius 2 is 1.50 bits per heavy atom. The van der Waals surface area contributed by atoms with Gasteiger partial charge in [0, 0.05) is 11.8 Å². The van der Waals surface area contributed by atoms with Crippen LogP contribution in [0.15, 0.2) is 54.9 Å². The van der Waals surface area contributed by atoms with Crippen molar-refractivity contribution in [2.45, 2.75) is 13.8 Å². The van der Waals surface area contributed by atoms with Crippen LogP contribution in [0.2, 0.25) is 0 Å². The number of benzene rings is 2. The lowest BCUT2D eigenvalue weighted by Gasteiger charge is -2.12. The molecular weight excluding hydrogens is 300 g/mol. The lowest BCUT2D eigenvalue weighted by molar-refractivity contribution is 0.417. The van der Waals surface area contributed by atoms with Gasteiger partial charge in [0.1, 0.15) is 23.7 Å². The van der Waals surface area contributed by atoms with Crippen LogP contribution in [0.3, 0.4) is 0 Å². The average Bonchev–Trinajstić information content (AvgIpc) is 2.55. The van der Waals surface area contributed by atoms with E-state index in [0.29, 0.717) is 5.82 Å². The smallest absolute Gasteiger partial charge is 0.142 e. The molecular formula is C19H20N4O. The third kappa shape index (κ3) is 3.81. The summed E-state index contributed by atoms with van der Waals surface area (Å²) >= 11 is 0. The van der Waals surface area contributed by atoms with Crippen LogP contribution in [0.4, 0.5) is 23.0 Å². The number of anilines is 4. The van der Waals surface area contributed by atoms with Crippen molar-refractivity contribution < 1.29 is 4.74 Å². The summed E-state index contributed by atoms with van der Waals surface area (Å²) in [7, 11) is 1.65. The van der Waals surface area contributed by atoms with Gasteiger partial charge >= 0.3 is 0 Å². The molecule has 0 bridgehead atoms. The van der Waals surface area contributed by atoms with Crippen molar-refractivity contribution in [1.29, 1.82) is 0 Å². The third-order valence-corrected chi connectivity index (χ3v) is 3.53. The molecule has 1 heterocycles. The maximum atomic E-state index is 5.35. The number of hydrogen-bond acceptors (Lipinski definition) is 5. The molecule has 24 heavy (non-hydrogen) atoms. The number of para-hydroxylation sites is 2. The highest BCUT2D eigenvalue weighted by molar-refractivity contribution is 5.67. The molecule has 0 spiro atoms. The van der Waals surface area contributed by atoms with Crippen molar-refractivity contribution in [2.75, 3.05) is 17.7 Å². The minimum Gasteiger partial charge on any atom is -0.495 e. The second-order valence-corrected chi connectivity index (χ2v) is 5.62. The molecule has 0 aliphatic rings. The second kappa shape index (κ2) is 7.00. The topological polar surface area (TPSA) is 59.1 Å². The number of hydrogen-bond donors (Lipinski definition) is 2. The Balaban J connectivity index is 1.81. The summed E-state index contributed by atoms with van der Waals surface area (Å²) in [6.07, 6.45) is 1.53. The van der Waals surface area contributed by atoms with E-state index in [0.717, 1.165) is 22.9 Å². The van der Waals surface area contributed by atoms with E-state index in [1.165, 1.54) is 17.5 Å². The Morgan fingerprint density at radius 1 is 0.833 bits per heavy atom. The number of rotatable bonds is 5. The molecule has 2 aromatic carbocycles. The van der Waals surface area contributed by atoms with Crippen molar-refractivity contribution >= 4 is 23.0 Å². The van der Waals surface area contributed by atoms with Crippen molar-refractivity contribution in [3.05, 3.63) is 66.0 Å². The van der Waals surface area contributed by atoms with E-state index in [-0.39, 0.29) is 0 Å². The molecule has 5 heteroatoms. The van der Waals surface area contributed by atoms with Crippen molar-refractivity contribution in [2.24, 2.45) is 0 Å². The van der Waals surface area contributed by atoms with E-state index in [1.54, 1.807) is 7.11 Å². The standard InChI is InChI=1S/C19H20N4O/c1-13-8-14(2)10-15(9-13)22-18-11-19(21-12-20-18)23-16-6-4-5-7-17(16)24-3/h4-12H,1-3H3,(H2,20,21,22,23). The molecule has 2 N–H and O–H groups in total. The van der Waals surface area contributed by atoms with Crippen LogP contribution < -0.4 is 15.4 Å². The van der Waals surface area contributed by atoms with Crippen molar-refractivity contribution in [3.63, 3.8) is 0 Å². The summed E-state index contributed by atoms with van der Waals surface area (Å²) in [4.78, 5) is 8.55. The predicted octanol–water partition coefficient (Wildman–Crippen LogP) is 4.59. The number of methoxy groups -OCH3 is 1. The molecule has 3 aromatic rings. The molecule has 3 rings (SSSR count). The van der Waals surface area contributed by atoms with Gasteiger partial charge in [-0.15, -0.1) is 0 Å². The Labute approximate surface area is 141 Å². The number of nitrogens with zero attached hydrogens (tertiary/aromatic N) is 2. The van der Waals surface area contributed by atoms with Crippen molar-refractivity contribution in [1.82, 2.24) is 9.97 Å². The molecule has 0 amide bonds. The van der Waals surface area contributed by atoms with Crippen molar-refractivity contribution in [3.8, 4) is 5.75 Å². The van der Waals surface area contributed by atoms with E-state index in [4.69, 9.17) is 4.74 Å². The number of aryl methyl sites for hydroxylation is 2. The van der Waals surface area contributed by atoms with Gasteiger partial charge in [-0.2, -0.15) is 0 Å². The van der Waals surface area contributed by atoms with Gasteiger partial charge in [0.15, 0.2) is 0 Å².